The van der Waals surface area contributed by atoms with Crippen LogP contribution in [0.5, 0.6) is 0 Å². The molecule has 204 valence electrons. The summed E-state index contributed by atoms with van der Waals surface area (Å²) < 4.78 is 18.7. The van der Waals surface area contributed by atoms with Gasteiger partial charge in [0.15, 0.2) is 0 Å². The molecule has 2 aromatic rings. The van der Waals surface area contributed by atoms with E-state index >= 15 is 0 Å². The first-order valence-corrected chi connectivity index (χ1v) is 15.6. The summed E-state index contributed by atoms with van der Waals surface area (Å²) in [5.41, 5.74) is -1.18. The molecular formula is C31H47NO4Si. The maximum atomic E-state index is 12.9. The van der Waals surface area contributed by atoms with Crippen molar-refractivity contribution in [2.45, 2.75) is 103 Å². The van der Waals surface area contributed by atoms with Crippen LogP contribution in [0.2, 0.25) is 5.04 Å². The minimum Gasteiger partial charge on any atom is -0.444 e. The van der Waals surface area contributed by atoms with Gasteiger partial charge in [0.05, 0.1) is 12.6 Å². The molecule has 3 rings (SSSR count). The monoisotopic (exact) mass is 525 g/mol. The van der Waals surface area contributed by atoms with Crippen LogP contribution in [0.25, 0.3) is 0 Å². The molecule has 0 bridgehead atoms. The highest BCUT2D eigenvalue weighted by atomic mass is 28.4. The van der Waals surface area contributed by atoms with E-state index in [1.54, 1.807) is 4.90 Å². The summed E-state index contributed by atoms with van der Waals surface area (Å²) in [5.74, 6) is 0. The molecular weight excluding hydrogens is 478 g/mol. The van der Waals surface area contributed by atoms with Gasteiger partial charge in [-0.25, -0.2) is 4.79 Å². The van der Waals surface area contributed by atoms with Crippen LogP contribution in [0.4, 0.5) is 4.79 Å². The maximum absolute atomic E-state index is 12.9. The molecule has 6 heteroatoms. The molecule has 1 atom stereocenters. The van der Waals surface area contributed by atoms with E-state index < -0.39 is 19.6 Å². The van der Waals surface area contributed by atoms with Gasteiger partial charge in [-0.2, -0.15) is 0 Å². The Morgan fingerprint density at radius 3 is 1.95 bits per heavy atom. The van der Waals surface area contributed by atoms with Crippen LogP contribution in [0.15, 0.2) is 60.7 Å². The van der Waals surface area contributed by atoms with Crippen LogP contribution < -0.4 is 10.4 Å². The summed E-state index contributed by atoms with van der Waals surface area (Å²) >= 11 is 0. The van der Waals surface area contributed by atoms with Crippen molar-refractivity contribution < 1.29 is 18.7 Å². The van der Waals surface area contributed by atoms with Gasteiger partial charge in [-0.1, -0.05) is 94.3 Å². The van der Waals surface area contributed by atoms with E-state index in [9.17, 15) is 4.79 Å². The first-order valence-electron chi connectivity index (χ1n) is 13.7. The number of nitrogens with zero attached hydrogens (tertiary/aromatic N) is 1. The molecule has 1 heterocycles. The second kappa shape index (κ2) is 11.7. The minimum atomic E-state index is -2.49. The predicted molar refractivity (Wildman–Crippen MR) is 154 cm³/mol. The van der Waals surface area contributed by atoms with Crippen molar-refractivity contribution in [1.82, 2.24) is 4.90 Å². The number of carbonyl (C=O) groups is 1. The molecule has 1 saturated heterocycles. The van der Waals surface area contributed by atoms with E-state index in [0.717, 1.165) is 32.3 Å². The number of ether oxygens (including phenoxy) is 2. The number of hydrogen-bond donors (Lipinski definition) is 0. The van der Waals surface area contributed by atoms with Crippen LogP contribution in [-0.4, -0.2) is 49.9 Å². The fourth-order valence-electron chi connectivity index (χ4n) is 5.42. The minimum absolute atomic E-state index is 0.0175. The largest absolute Gasteiger partial charge is 0.444 e. The zero-order valence-corrected chi connectivity index (χ0v) is 25.2. The Balaban J connectivity index is 1.63. The number of hydrogen-bond acceptors (Lipinski definition) is 4. The lowest BCUT2D eigenvalue weighted by Gasteiger charge is -2.43. The molecule has 1 amide bonds. The van der Waals surface area contributed by atoms with Gasteiger partial charge in [0.1, 0.15) is 11.3 Å². The highest BCUT2D eigenvalue weighted by Gasteiger charge is 2.50. The van der Waals surface area contributed by atoms with Gasteiger partial charge < -0.3 is 13.9 Å². The van der Waals surface area contributed by atoms with Crippen LogP contribution in [0.1, 0.15) is 81.1 Å². The van der Waals surface area contributed by atoms with Gasteiger partial charge in [-0.05, 0) is 62.9 Å². The smallest absolute Gasteiger partial charge is 0.412 e. The number of benzene rings is 2. The van der Waals surface area contributed by atoms with Crippen LogP contribution in [-0.2, 0) is 13.9 Å². The first-order chi connectivity index (χ1) is 17.3. The molecule has 2 aromatic carbocycles. The molecule has 37 heavy (non-hydrogen) atoms. The fraction of sp³-hybridized carbons (Fsp3) is 0.581. The Hall–Kier alpha value is -2.15. The molecule has 1 aliphatic rings. The van der Waals surface area contributed by atoms with E-state index in [1.165, 1.54) is 10.4 Å². The number of amides is 1. The number of carbonyl (C=O) groups excluding carboxylic acids is 1. The Bertz CT molecular complexity index is 956. The standard InChI is InChI=1S/C31H47NO4Si/c1-29(2,3)36-28(33)32-25(24-34-31(32,7)8)18-12-11-17-23-35-37(30(4,5)6,26-19-13-9-14-20-26)27-21-15-10-16-22-27/h9-10,13-16,19-22,25H,11-12,17-18,23-24H2,1-8H3/t25-/m1/s1. The molecule has 1 fully saturated rings. The van der Waals surface area contributed by atoms with E-state index in [-0.39, 0.29) is 17.2 Å². The highest BCUT2D eigenvalue weighted by Crippen LogP contribution is 2.37. The zero-order chi connectivity index (χ0) is 27.3. The van der Waals surface area contributed by atoms with Gasteiger partial charge in [-0.15, -0.1) is 0 Å². The van der Waals surface area contributed by atoms with Gasteiger partial charge >= 0.3 is 6.09 Å². The molecule has 0 saturated carbocycles. The second-order valence-electron chi connectivity index (χ2n) is 12.6. The summed E-state index contributed by atoms with van der Waals surface area (Å²) in [4.78, 5) is 14.7. The van der Waals surface area contributed by atoms with Crippen molar-refractivity contribution in [3.8, 4) is 0 Å². The van der Waals surface area contributed by atoms with Gasteiger partial charge in [0.2, 0.25) is 0 Å². The highest BCUT2D eigenvalue weighted by molar-refractivity contribution is 6.99. The van der Waals surface area contributed by atoms with Crippen LogP contribution in [0.3, 0.4) is 0 Å². The molecule has 0 aliphatic carbocycles. The average molecular weight is 526 g/mol. The third kappa shape index (κ3) is 7.04. The summed E-state index contributed by atoms with van der Waals surface area (Å²) in [6, 6.07) is 21.6. The van der Waals surface area contributed by atoms with Crippen molar-refractivity contribution >= 4 is 24.8 Å². The molecule has 0 N–H and O–H groups in total. The lowest BCUT2D eigenvalue weighted by Crippen LogP contribution is -2.66. The number of unbranched alkanes of at least 4 members (excludes halogenated alkanes) is 2. The normalized spacial score (nSPS) is 18.2. The fourth-order valence-corrected chi connectivity index (χ4v) is 10.0. The molecule has 0 aromatic heterocycles. The average Bonchev–Trinajstić information content (AvgIpc) is 3.12. The Labute approximate surface area is 225 Å². The SMILES string of the molecule is CC(C)(C)OC(=O)N1[C@H](CCCCCO[Si](c2ccccc2)(c2ccccc2)C(C)(C)C)COC1(C)C. The zero-order valence-electron chi connectivity index (χ0n) is 24.2. The molecule has 5 nitrogen and oxygen atoms in total. The van der Waals surface area contributed by atoms with Crippen molar-refractivity contribution in [2.75, 3.05) is 13.2 Å². The quantitative estimate of drug-likeness (QED) is 0.277. The van der Waals surface area contributed by atoms with Crippen molar-refractivity contribution in [3.63, 3.8) is 0 Å². The lowest BCUT2D eigenvalue weighted by atomic mass is 10.1. The lowest BCUT2D eigenvalue weighted by molar-refractivity contribution is -0.0627. The molecule has 0 unspecified atom stereocenters. The topological polar surface area (TPSA) is 48.0 Å². The predicted octanol–water partition coefficient (Wildman–Crippen LogP) is 6.50. The first kappa shape index (κ1) is 29.4. The summed E-state index contributed by atoms with van der Waals surface area (Å²) in [6.45, 7) is 17.8. The van der Waals surface area contributed by atoms with Gasteiger partial charge in [0, 0.05) is 6.61 Å². The van der Waals surface area contributed by atoms with E-state index in [2.05, 4.69) is 81.4 Å². The van der Waals surface area contributed by atoms with E-state index in [0.29, 0.717) is 6.61 Å². The number of rotatable bonds is 9. The summed E-state index contributed by atoms with van der Waals surface area (Å²) in [5, 5.41) is 2.61. The van der Waals surface area contributed by atoms with E-state index in [4.69, 9.17) is 13.9 Å². The Morgan fingerprint density at radius 2 is 1.46 bits per heavy atom. The Morgan fingerprint density at radius 1 is 0.919 bits per heavy atom. The van der Waals surface area contributed by atoms with Crippen molar-refractivity contribution in [2.24, 2.45) is 0 Å². The third-order valence-corrected chi connectivity index (χ3v) is 12.1. The van der Waals surface area contributed by atoms with Crippen molar-refractivity contribution in [3.05, 3.63) is 60.7 Å². The van der Waals surface area contributed by atoms with Gasteiger partial charge in [-0.3, -0.25) is 4.90 Å². The second-order valence-corrected chi connectivity index (χ2v) is 16.9. The molecule has 0 radical (unpaired) electrons. The molecule has 1 aliphatic heterocycles. The Kier molecular flexibility index (Phi) is 9.30. The van der Waals surface area contributed by atoms with Crippen molar-refractivity contribution in [1.29, 1.82) is 0 Å². The molecule has 0 spiro atoms. The maximum Gasteiger partial charge on any atom is 0.412 e. The third-order valence-electron chi connectivity index (χ3n) is 7.08. The van der Waals surface area contributed by atoms with Gasteiger partial charge in [0.25, 0.3) is 8.32 Å². The van der Waals surface area contributed by atoms with Crippen LogP contribution >= 0.6 is 0 Å². The van der Waals surface area contributed by atoms with Crippen LogP contribution in [0, 0.1) is 0 Å². The van der Waals surface area contributed by atoms with E-state index in [1.807, 2.05) is 34.6 Å². The summed E-state index contributed by atoms with van der Waals surface area (Å²) in [7, 11) is -2.49. The summed E-state index contributed by atoms with van der Waals surface area (Å²) in [6.07, 6.45) is 3.62.